The molecule has 0 heterocycles. The molecule has 0 saturated heterocycles. The predicted molar refractivity (Wildman–Crippen MR) is 78.1 cm³/mol. The number of carboxylic acid groups (broad SMARTS) is 1. The number of para-hydroxylation sites is 1. The van der Waals surface area contributed by atoms with Crippen molar-refractivity contribution in [2.45, 2.75) is 12.5 Å². The number of carboxylic acids is 1. The molecule has 0 aliphatic heterocycles. The highest BCUT2D eigenvalue weighted by Gasteiger charge is 2.23. The number of likely N-dealkylation sites (N-methyl/N-ethyl adjacent to an activating group) is 1. The molecule has 4 heteroatoms. The smallest absolute Gasteiger partial charge is 0.326 e. The third-order valence-corrected chi connectivity index (χ3v) is 3.28. The SMILES string of the molecule is CN(c1ccccc1)C(Cc1ccc(O)cc1)C(=O)O. The summed E-state index contributed by atoms with van der Waals surface area (Å²) in [6.07, 6.45) is 0.376. The number of aromatic hydroxyl groups is 1. The molecule has 0 amide bonds. The third kappa shape index (κ3) is 3.29. The Hall–Kier alpha value is -2.49. The first-order valence-electron chi connectivity index (χ1n) is 6.36. The molecule has 0 saturated carbocycles. The van der Waals surface area contributed by atoms with E-state index >= 15 is 0 Å². The number of phenols is 1. The molecule has 0 aromatic heterocycles. The van der Waals surface area contributed by atoms with E-state index in [1.807, 2.05) is 30.3 Å². The first-order valence-corrected chi connectivity index (χ1v) is 6.36. The number of hydrogen-bond acceptors (Lipinski definition) is 3. The van der Waals surface area contributed by atoms with Crippen LogP contribution in [0.2, 0.25) is 0 Å². The Labute approximate surface area is 117 Å². The summed E-state index contributed by atoms with van der Waals surface area (Å²) in [5.41, 5.74) is 1.73. The summed E-state index contributed by atoms with van der Waals surface area (Å²) in [6, 6.07) is 15.4. The molecule has 0 radical (unpaired) electrons. The second-order valence-corrected chi connectivity index (χ2v) is 4.67. The van der Waals surface area contributed by atoms with Crippen LogP contribution in [0.15, 0.2) is 54.6 Å². The van der Waals surface area contributed by atoms with Gasteiger partial charge < -0.3 is 15.1 Å². The molecular weight excluding hydrogens is 254 g/mol. The fraction of sp³-hybridized carbons (Fsp3) is 0.188. The van der Waals surface area contributed by atoms with E-state index in [2.05, 4.69) is 0 Å². The molecule has 2 N–H and O–H groups in total. The maximum atomic E-state index is 11.5. The van der Waals surface area contributed by atoms with Gasteiger partial charge in [0.15, 0.2) is 0 Å². The van der Waals surface area contributed by atoms with Crippen LogP contribution in [0.25, 0.3) is 0 Å². The summed E-state index contributed by atoms with van der Waals surface area (Å²) >= 11 is 0. The van der Waals surface area contributed by atoms with E-state index in [1.165, 1.54) is 0 Å². The maximum Gasteiger partial charge on any atom is 0.326 e. The van der Waals surface area contributed by atoms with Gasteiger partial charge in [0.25, 0.3) is 0 Å². The van der Waals surface area contributed by atoms with Crippen molar-refractivity contribution in [3.8, 4) is 5.75 Å². The minimum atomic E-state index is -0.871. The van der Waals surface area contributed by atoms with Gasteiger partial charge in [-0.3, -0.25) is 0 Å². The summed E-state index contributed by atoms with van der Waals surface area (Å²) in [4.78, 5) is 13.2. The summed E-state index contributed by atoms with van der Waals surface area (Å²) in [7, 11) is 1.77. The van der Waals surface area contributed by atoms with Gasteiger partial charge in [-0.05, 0) is 29.8 Å². The standard InChI is InChI=1S/C16H17NO3/c1-17(13-5-3-2-4-6-13)15(16(19)20)11-12-7-9-14(18)10-8-12/h2-10,15,18H,11H2,1H3,(H,19,20). The number of rotatable bonds is 5. The molecule has 20 heavy (non-hydrogen) atoms. The number of carbonyl (C=O) groups is 1. The van der Waals surface area contributed by atoms with Gasteiger partial charge in [-0.2, -0.15) is 0 Å². The number of anilines is 1. The normalized spacial score (nSPS) is 11.8. The van der Waals surface area contributed by atoms with E-state index in [1.54, 1.807) is 36.2 Å². The quantitative estimate of drug-likeness (QED) is 0.877. The van der Waals surface area contributed by atoms with E-state index in [0.717, 1.165) is 11.3 Å². The number of benzene rings is 2. The second kappa shape index (κ2) is 6.10. The fourth-order valence-corrected chi connectivity index (χ4v) is 2.09. The first-order chi connectivity index (χ1) is 9.58. The van der Waals surface area contributed by atoms with Crippen LogP contribution in [-0.2, 0) is 11.2 Å². The van der Waals surface area contributed by atoms with Crippen LogP contribution in [0.4, 0.5) is 5.69 Å². The van der Waals surface area contributed by atoms with Crippen molar-refractivity contribution in [1.82, 2.24) is 0 Å². The van der Waals surface area contributed by atoms with Crippen LogP contribution in [-0.4, -0.2) is 29.3 Å². The molecule has 2 aromatic carbocycles. The van der Waals surface area contributed by atoms with Crippen LogP contribution in [0, 0.1) is 0 Å². The van der Waals surface area contributed by atoms with Crippen molar-refractivity contribution in [2.75, 3.05) is 11.9 Å². The van der Waals surface area contributed by atoms with Crippen LogP contribution in [0.3, 0.4) is 0 Å². The van der Waals surface area contributed by atoms with Gasteiger partial charge in [-0.25, -0.2) is 4.79 Å². The van der Waals surface area contributed by atoms with Crippen LogP contribution < -0.4 is 4.90 Å². The molecule has 1 unspecified atom stereocenters. The molecule has 2 rings (SSSR count). The van der Waals surface area contributed by atoms with Crippen molar-refractivity contribution in [3.63, 3.8) is 0 Å². The Morgan fingerprint density at radius 3 is 2.25 bits per heavy atom. The maximum absolute atomic E-state index is 11.5. The predicted octanol–water partition coefficient (Wildman–Crippen LogP) is 2.52. The van der Waals surface area contributed by atoms with E-state index in [0.29, 0.717) is 6.42 Å². The number of aliphatic carboxylic acids is 1. The summed E-state index contributed by atoms with van der Waals surface area (Å²) in [5, 5.41) is 18.7. The highest BCUT2D eigenvalue weighted by atomic mass is 16.4. The average Bonchev–Trinajstić information content (AvgIpc) is 2.46. The Balaban J connectivity index is 2.19. The molecular formula is C16H17NO3. The number of phenolic OH excluding ortho intramolecular Hbond substituents is 1. The summed E-state index contributed by atoms with van der Waals surface area (Å²) in [6.45, 7) is 0. The largest absolute Gasteiger partial charge is 0.508 e. The zero-order valence-corrected chi connectivity index (χ0v) is 11.2. The zero-order valence-electron chi connectivity index (χ0n) is 11.2. The van der Waals surface area contributed by atoms with Gasteiger partial charge >= 0.3 is 5.97 Å². The van der Waals surface area contributed by atoms with Crippen molar-refractivity contribution in [3.05, 3.63) is 60.2 Å². The van der Waals surface area contributed by atoms with Gasteiger partial charge in [-0.1, -0.05) is 30.3 Å². The Kier molecular flexibility index (Phi) is 4.25. The molecule has 0 aliphatic rings. The Bertz CT molecular complexity index is 566. The fourth-order valence-electron chi connectivity index (χ4n) is 2.09. The lowest BCUT2D eigenvalue weighted by atomic mass is 10.0. The Morgan fingerprint density at radius 1 is 1.10 bits per heavy atom. The molecule has 104 valence electrons. The highest BCUT2D eigenvalue weighted by molar-refractivity contribution is 5.78. The van der Waals surface area contributed by atoms with Crippen molar-refractivity contribution >= 4 is 11.7 Å². The molecule has 1 atom stereocenters. The lowest BCUT2D eigenvalue weighted by Gasteiger charge is -2.27. The van der Waals surface area contributed by atoms with Gasteiger partial charge in [0.1, 0.15) is 11.8 Å². The topological polar surface area (TPSA) is 60.8 Å². The summed E-state index contributed by atoms with van der Waals surface area (Å²) < 4.78 is 0. The van der Waals surface area contributed by atoms with Gasteiger partial charge in [0.2, 0.25) is 0 Å². The minimum absolute atomic E-state index is 0.178. The monoisotopic (exact) mass is 271 g/mol. The molecule has 0 bridgehead atoms. The van der Waals surface area contributed by atoms with E-state index < -0.39 is 12.0 Å². The molecule has 0 fully saturated rings. The lowest BCUT2D eigenvalue weighted by Crippen LogP contribution is -2.40. The molecule has 2 aromatic rings. The van der Waals surface area contributed by atoms with Crippen LogP contribution >= 0.6 is 0 Å². The van der Waals surface area contributed by atoms with E-state index in [-0.39, 0.29) is 5.75 Å². The van der Waals surface area contributed by atoms with Crippen molar-refractivity contribution in [1.29, 1.82) is 0 Å². The van der Waals surface area contributed by atoms with Crippen LogP contribution in [0.1, 0.15) is 5.56 Å². The summed E-state index contributed by atoms with van der Waals surface area (Å²) in [5.74, 6) is -0.693. The van der Waals surface area contributed by atoms with Crippen molar-refractivity contribution < 1.29 is 15.0 Å². The average molecular weight is 271 g/mol. The number of nitrogens with zero attached hydrogens (tertiary/aromatic N) is 1. The third-order valence-electron chi connectivity index (χ3n) is 3.28. The first kappa shape index (κ1) is 13.9. The van der Waals surface area contributed by atoms with Gasteiger partial charge in [0.05, 0.1) is 0 Å². The highest BCUT2D eigenvalue weighted by Crippen LogP contribution is 2.18. The number of hydrogen-bond donors (Lipinski definition) is 2. The molecule has 0 aliphatic carbocycles. The second-order valence-electron chi connectivity index (χ2n) is 4.67. The van der Waals surface area contributed by atoms with E-state index in [4.69, 9.17) is 0 Å². The van der Waals surface area contributed by atoms with Crippen molar-refractivity contribution in [2.24, 2.45) is 0 Å². The zero-order chi connectivity index (χ0) is 14.5. The molecule has 0 spiro atoms. The van der Waals surface area contributed by atoms with Gasteiger partial charge in [-0.15, -0.1) is 0 Å². The van der Waals surface area contributed by atoms with Gasteiger partial charge in [0, 0.05) is 19.2 Å². The Morgan fingerprint density at radius 2 is 1.70 bits per heavy atom. The van der Waals surface area contributed by atoms with E-state index in [9.17, 15) is 15.0 Å². The minimum Gasteiger partial charge on any atom is -0.508 e. The van der Waals surface area contributed by atoms with Crippen LogP contribution in [0.5, 0.6) is 5.75 Å². The molecule has 4 nitrogen and oxygen atoms in total. The lowest BCUT2D eigenvalue weighted by molar-refractivity contribution is -0.138.